The van der Waals surface area contributed by atoms with Gasteiger partial charge in [0.15, 0.2) is 0 Å². The van der Waals surface area contributed by atoms with Gasteiger partial charge < -0.3 is 9.90 Å². The Hall–Kier alpha value is 0.392. The molecule has 0 fully saturated rings. The van der Waals surface area contributed by atoms with Crippen molar-refractivity contribution in [1.29, 1.82) is 0 Å². The molecule has 0 saturated heterocycles. The standard InChI is InChI=1S/C8H16O2.Pb/c1-2-3-4-5-6-7-8(9)10;/h2-7H2,1H3,(H,9,10);/q;+2/p-1. The maximum Gasteiger partial charge on any atom is 2.00 e. The van der Waals surface area contributed by atoms with E-state index < -0.39 is 5.97 Å². The molecule has 0 bridgehead atoms. The molecule has 0 unspecified atom stereocenters. The van der Waals surface area contributed by atoms with Crippen LogP contribution in [-0.4, -0.2) is 33.3 Å². The van der Waals surface area contributed by atoms with E-state index in [1.54, 1.807) is 0 Å². The van der Waals surface area contributed by atoms with Crippen molar-refractivity contribution in [2.24, 2.45) is 0 Å². The quantitative estimate of drug-likeness (QED) is 0.523. The van der Waals surface area contributed by atoms with Gasteiger partial charge in [-0.25, -0.2) is 0 Å². The van der Waals surface area contributed by atoms with Crippen LogP contribution < -0.4 is 5.11 Å². The fourth-order valence-corrected chi connectivity index (χ4v) is 0.873. The Morgan fingerprint density at radius 1 is 1.18 bits per heavy atom. The molecule has 0 rings (SSSR count). The monoisotopic (exact) mass is 351 g/mol. The van der Waals surface area contributed by atoms with Crippen LogP contribution in [0.25, 0.3) is 0 Å². The normalized spacial score (nSPS) is 8.82. The van der Waals surface area contributed by atoms with Crippen molar-refractivity contribution in [3.63, 3.8) is 0 Å². The minimum absolute atomic E-state index is 0. The summed E-state index contributed by atoms with van der Waals surface area (Å²) in [6, 6.07) is 0. The second-order valence-electron chi connectivity index (χ2n) is 2.54. The van der Waals surface area contributed by atoms with Crippen LogP contribution in [0.1, 0.15) is 45.4 Å². The predicted molar refractivity (Wildman–Crippen MR) is 44.1 cm³/mol. The number of hydrogen-bond donors (Lipinski definition) is 0. The van der Waals surface area contributed by atoms with E-state index in [2.05, 4.69) is 6.92 Å². The average Bonchev–Trinajstić information content (AvgIpc) is 1.87. The summed E-state index contributed by atoms with van der Waals surface area (Å²) in [5, 5.41) is 9.92. The molecule has 0 aliphatic carbocycles. The van der Waals surface area contributed by atoms with E-state index in [-0.39, 0.29) is 33.7 Å². The van der Waals surface area contributed by atoms with Crippen molar-refractivity contribution in [3.05, 3.63) is 0 Å². The first-order valence-electron chi connectivity index (χ1n) is 3.97. The van der Waals surface area contributed by atoms with Gasteiger partial charge in [0.1, 0.15) is 0 Å². The summed E-state index contributed by atoms with van der Waals surface area (Å²) in [5.41, 5.74) is 0. The molecule has 0 amide bonds. The van der Waals surface area contributed by atoms with Crippen LogP contribution in [0.3, 0.4) is 0 Å². The molecular weight excluding hydrogens is 335 g/mol. The predicted octanol–water partition coefficient (Wildman–Crippen LogP) is 0.716. The molecular formula is C8H15O2Pb+. The zero-order chi connectivity index (χ0) is 7.82. The molecule has 62 valence electrons. The smallest absolute Gasteiger partial charge is 0.550 e. The molecule has 0 aliphatic rings. The minimum atomic E-state index is -0.920. The molecule has 0 atom stereocenters. The van der Waals surface area contributed by atoms with Gasteiger partial charge in [-0.3, -0.25) is 0 Å². The van der Waals surface area contributed by atoms with Gasteiger partial charge in [-0.05, 0) is 12.8 Å². The maximum atomic E-state index is 9.92. The molecule has 0 N–H and O–H groups in total. The zero-order valence-electron chi connectivity index (χ0n) is 7.06. The molecule has 0 aromatic heterocycles. The van der Waals surface area contributed by atoms with Crippen LogP contribution >= 0.6 is 0 Å². The van der Waals surface area contributed by atoms with Crippen LogP contribution in [0.5, 0.6) is 0 Å². The Balaban J connectivity index is 0. The topological polar surface area (TPSA) is 40.1 Å². The molecule has 2 nitrogen and oxygen atoms in total. The van der Waals surface area contributed by atoms with Gasteiger partial charge in [0.05, 0.1) is 0 Å². The van der Waals surface area contributed by atoms with Gasteiger partial charge >= 0.3 is 27.3 Å². The number of hydrogen-bond acceptors (Lipinski definition) is 2. The number of carbonyl (C=O) groups is 1. The fraction of sp³-hybridized carbons (Fsp3) is 0.875. The Morgan fingerprint density at radius 3 is 2.18 bits per heavy atom. The van der Waals surface area contributed by atoms with Gasteiger partial charge in [-0.1, -0.05) is 32.6 Å². The van der Waals surface area contributed by atoms with Crippen molar-refractivity contribution in [2.45, 2.75) is 45.4 Å². The average molecular weight is 350 g/mol. The van der Waals surface area contributed by atoms with Crippen LogP contribution in [0, 0.1) is 0 Å². The minimum Gasteiger partial charge on any atom is -0.550 e. The number of carbonyl (C=O) groups excluding carboxylic acids is 1. The van der Waals surface area contributed by atoms with Gasteiger partial charge in [-0.2, -0.15) is 0 Å². The Labute approximate surface area is 88.5 Å². The molecule has 0 spiro atoms. The number of unbranched alkanes of at least 4 members (excludes halogenated alkanes) is 4. The molecule has 3 heteroatoms. The number of carboxylic acids is 1. The van der Waals surface area contributed by atoms with E-state index in [9.17, 15) is 9.90 Å². The third-order valence-corrected chi connectivity index (χ3v) is 1.48. The third-order valence-electron chi connectivity index (χ3n) is 1.48. The number of aliphatic carboxylic acids is 1. The SMILES string of the molecule is CCCCCCCC(=O)[O-].[Pb+2]. The van der Waals surface area contributed by atoms with E-state index in [1.165, 1.54) is 12.8 Å². The van der Waals surface area contributed by atoms with Crippen molar-refractivity contribution in [2.75, 3.05) is 0 Å². The zero-order valence-corrected chi connectivity index (χ0v) is 10.9. The molecule has 0 saturated carbocycles. The molecule has 11 heavy (non-hydrogen) atoms. The second-order valence-corrected chi connectivity index (χ2v) is 2.54. The van der Waals surface area contributed by atoms with Crippen molar-refractivity contribution in [3.8, 4) is 0 Å². The molecule has 0 aromatic rings. The summed E-state index contributed by atoms with van der Waals surface area (Å²) >= 11 is 0. The van der Waals surface area contributed by atoms with Crippen molar-refractivity contribution < 1.29 is 9.90 Å². The van der Waals surface area contributed by atoms with Crippen LogP contribution in [-0.2, 0) is 4.79 Å². The summed E-state index contributed by atoms with van der Waals surface area (Å²) in [5.74, 6) is -0.920. The van der Waals surface area contributed by atoms with Gasteiger partial charge in [-0.15, -0.1) is 0 Å². The summed E-state index contributed by atoms with van der Waals surface area (Å²) in [6.07, 6.45) is 5.61. The molecule has 2 radical (unpaired) electrons. The van der Waals surface area contributed by atoms with E-state index in [0.717, 1.165) is 19.3 Å². The fourth-order valence-electron chi connectivity index (χ4n) is 0.873. The van der Waals surface area contributed by atoms with E-state index >= 15 is 0 Å². The molecule has 0 heterocycles. The molecule has 0 aromatic carbocycles. The van der Waals surface area contributed by atoms with Crippen LogP contribution in [0.2, 0.25) is 0 Å². The summed E-state index contributed by atoms with van der Waals surface area (Å²) in [7, 11) is 0. The first-order valence-corrected chi connectivity index (χ1v) is 3.97. The third kappa shape index (κ3) is 13.4. The summed E-state index contributed by atoms with van der Waals surface area (Å²) in [4.78, 5) is 9.92. The second kappa shape index (κ2) is 10.4. The maximum absolute atomic E-state index is 9.92. The summed E-state index contributed by atoms with van der Waals surface area (Å²) < 4.78 is 0. The van der Waals surface area contributed by atoms with E-state index in [1.807, 2.05) is 0 Å². The Kier molecular flexibility index (Phi) is 13.2. The van der Waals surface area contributed by atoms with Crippen LogP contribution in [0.4, 0.5) is 0 Å². The Morgan fingerprint density at radius 2 is 1.73 bits per heavy atom. The largest absolute Gasteiger partial charge is 2.00 e. The van der Waals surface area contributed by atoms with Gasteiger partial charge in [0.25, 0.3) is 0 Å². The number of carboxylic acid groups (broad SMARTS) is 1. The Bertz CT molecular complexity index is 94.1. The van der Waals surface area contributed by atoms with Gasteiger partial charge in [0.2, 0.25) is 0 Å². The molecule has 0 aliphatic heterocycles. The first-order chi connectivity index (χ1) is 4.77. The van der Waals surface area contributed by atoms with E-state index in [0.29, 0.717) is 0 Å². The van der Waals surface area contributed by atoms with Crippen molar-refractivity contribution >= 4 is 33.3 Å². The van der Waals surface area contributed by atoms with Crippen molar-refractivity contribution in [1.82, 2.24) is 0 Å². The number of rotatable bonds is 6. The summed E-state index contributed by atoms with van der Waals surface area (Å²) in [6.45, 7) is 2.14. The van der Waals surface area contributed by atoms with Crippen LogP contribution in [0.15, 0.2) is 0 Å². The first kappa shape index (κ1) is 13.9. The van der Waals surface area contributed by atoms with Gasteiger partial charge in [0, 0.05) is 5.97 Å². The van der Waals surface area contributed by atoms with E-state index in [4.69, 9.17) is 0 Å².